The summed E-state index contributed by atoms with van der Waals surface area (Å²) in [5, 5.41) is 2.92. The van der Waals surface area contributed by atoms with E-state index in [0.717, 1.165) is 21.3 Å². The van der Waals surface area contributed by atoms with Gasteiger partial charge in [0.05, 0.1) is 6.61 Å². The van der Waals surface area contributed by atoms with Crippen molar-refractivity contribution in [2.75, 3.05) is 11.9 Å². The number of benzene rings is 3. The SMILES string of the molecule is CCOc1cc(C(=O)Nc2ccc(Br)c(C)c2)ccc1OCc1ccccc1. The molecule has 3 aromatic rings. The van der Waals surface area contributed by atoms with Crippen LogP contribution in [0.3, 0.4) is 0 Å². The maximum atomic E-state index is 12.6. The van der Waals surface area contributed by atoms with Crippen LogP contribution in [0.5, 0.6) is 11.5 Å². The highest BCUT2D eigenvalue weighted by Gasteiger charge is 2.13. The first-order valence-electron chi connectivity index (χ1n) is 9.08. The molecule has 1 N–H and O–H groups in total. The van der Waals surface area contributed by atoms with E-state index in [4.69, 9.17) is 9.47 Å². The second-order valence-electron chi connectivity index (χ2n) is 6.29. The van der Waals surface area contributed by atoms with Crippen LogP contribution in [0.15, 0.2) is 71.2 Å². The van der Waals surface area contributed by atoms with Crippen LogP contribution in [0.2, 0.25) is 0 Å². The summed E-state index contributed by atoms with van der Waals surface area (Å²) in [4.78, 5) is 12.6. The minimum Gasteiger partial charge on any atom is -0.490 e. The van der Waals surface area contributed by atoms with Gasteiger partial charge < -0.3 is 14.8 Å². The van der Waals surface area contributed by atoms with Crippen molar-refractivity contribution >= 4 is 27.5 Å². The summed E-state index contributed by atoms with van der Waals surface area (Å²) in [5.41, 5.74) is 3.37. The number of aryl methyl sites for hydroxylation is 1. The number of nitrogens with one attached hydrogen (secondary N) is 1. The lowest BCUT2D eigenvalue weighted by Crippen LogP contribution is -2.12. The number of amides is 1. The fourth-order valence-corrected chi connectivity index (χ4v) is 2.94. The third-order valence-electron chi connectivity index (χ3n) is 4.16. The highest BCUT2D eigenvalue weighted by atomic mass is 79.9. The van der Waals surface area contributed by atoms with Gasteiger partial charge in [-0.2, -0.15) is 0 Å². The Bertz CT molecular complexity index is 957. The van der Waals surface area contributed by atoms with Crippen LogP contribution in [0.1, 0.15) is 28.4 Å². The molecule has 0 bridgehead atoms. The number of hydrogen-bond acceptors (Lipinski definition) is 3. The highest BCUT2D eigenvalue weighted by molar-refractivity contribution is 9.10. The summed E-state index contributed by atoms with van der Waals surface area (Å²) < 4.78 is 12.6. The zero-order chi connectivity index (χ0) is 19.9. The number of hydrogen-bond donors (Lipinski definition) is 1. The Morgan fingerprint density at radius 1 is 0.964 bits per heavy atom. The van der Waals surface area contributed by atoms with Crippen molar-refractivity contribution in [2.24, 2.45) is 0 Å². The molecule has 4 nitrogen and oxygen atoms in total. The lowest BCUT2D eigenvalue weighted by atomic mass is 10.1. The van der Waals surface area contributed by atoms with E-state index in [0.29, 0.717) is 30.3 Å². The van der Waals surface area contributed by atoms with Gasteiger partial charge in [0, 0.05) is 15.7 Å². The Morgan fingerprint density at radius 2 is 1.75 bits per heavy atom. The van der Waals surface area contributed by atoms with Crippen molar-refractivity contribution in [3.63, 3.8) is 0 Å². The first-order valence-corrected chi connectivity index (χ1v) is 9.87. The average Bonchev–Trinajstić information content (AvgIpc) is 2.71. The van der Waals surface area contributed by atoms with Crippen molar-refractivity contribution in [1.29, 1.82) is 0 Å². The van der Waals surface area contributed by atoms with E-state index in [1.54, 1.807) is 18.2 Å². The molecule has 1 amide bonds. The largest absolute Gasteiger partial charge is 0.490 e. The third kappa shape index (κ3) is 5.14. The topological polar surface area (TPSA) is 47.6 Å². The standard InChI is InChI=1S/C23H22BrNO3/c1-3-27-22-14-18(23(26)25-19-10-11-20(24)16(2)13-19)9-12-21(22)28-15-17-7-5-4-6-8-17/h4-14H,3,15H2,1-2H3,(H,25,26). The Balaban J connectivity index is 1.75. The molecule has 0 aromatic heterocycles. The van der Waals surface area contributed by atoms with Crippen molar-refractivity contribution < 1.29 is 14.3 Å². The van der Waals surface area contributed by atoms with E-state index in [2.05, 4.69) is 21.2 Å². The summed E-state index contributed by atoms with van der Waals surface area (Å²) in [6.45, 7) is 4.80. The molecule has 28 heavy (non-hydrogen) atoms. The van der Waals surface area contributed by atoms with Crippen LogP contribution in [-0.4, -0.2) is 12.5 Å². The second kappa shape index (κ2) is 9.42. The molecule has 0 radical (unpaired) electrons. The number of ether oxygens (including phenoxy) is 2. The van der Waals surface area contributed by atoms with Gasteiger partial charge in [-0.3, -0.25) is 4.79 Å². The van der Waals surface area contributed by atoms with Gasteiger partial charge in [0.25, 0.3) is 5.91 Å². The van der Waals surface area contributed by atoms with Gasteiger partial charge in [-0.25, -0.2) is 0 Å². The van der Waals surface area contributed by atoms with Gasteiger partial charge in [0.1, 0.15) is 6.61 Å². The normalized spacial score (nSPS) is 10.4. The Morgan fingerprint density at radius 3 is 2.46 bits per heavy atom. The van der Waals surface area contributed by atoms with Crippen molar-refractivity contribution in [2.45, 2.75) is 20.5 Å². The van der Waals surface area contributed by atoms with Crippen molar-refractivity contribution in [3.05, 3.63) is 87.9 Å². The van der Waals surface area contributed by atoms with Gasteiger partial charge in [0.2, 0.25) is 0 Å². The molecule has 3 rings (SSSR count). The van der Waals surface area contributed by atoms with E-state index in [9.17, 15) is 4.79 Å². The Labute approximate surface area is 173 Å². The summed E-state index contributed by atoms with van der Waals surface area (Å²) >= 11 is 3.46. The van der Waals surface area contributed by atoms with Crippen LogP contribution in [0.4, 0.5) is 5.69 Å². The number of anilines is 1. The summed E-state index contributed by atoms with van der Waals surface area (Å²) in [6, 6.07) is 20.8. The smallest absolute Gasteiger partial charge is 0.255 e. The van der Waals surface area contributed by atoms with E-state index in [1.165, 1.54) is 0 Å². The average molecular weight is 440 g/mol. The number of carbonyl (C=O) groups excluding carboxylic acids is 1. The van der Waals surface area contributed by atoms with Crippen LogP contribution < -0.4 is 14.8 Å². The van der Waals surface area contributed by atoms with E-state index in [1.807, 2.05) is 62.4 Å². The zero-order valence-corrected chi connectivity index (χ0v) is 17.5. The monoisotopic (exact) mass is 439 g/mol. The molecule has 144 valence electrons. The lowest BCUT2D eigenvalue weighted by molar-refractivity contribution is 0.102. The molecule has 3 aromatic carbocycles. The molecule has 0 heterocycles. The molecule has 0 spiro atoms. The Kier molecular flexibility index (Phi) is 6.71. The summed E-state index contributed by atoms with van der Waals surface area (Å²) in [7, 11) is 0. The summed E-state index contributed by atoms with van der Waals surface area (Å²) in [5.74, 6) is 0.970. The van der Waals surface area contributed by atoms with E-state index in [-0.39, 0.29) is 5.91 Å². The van der Waals surface area contributed by atoms with Crippen LogP contribution in [0.25, 0.3) is 0 Å². The predicted molar refractivity (Wildman–Crippen MR) is 115 cm³/mol. The van der Waals surface area contributed by atoms with E-state index < -0.39 is 0 Å². The van der Waals surface area contributed by atoms with Crippen LogP contribution in [-0.2, 0) is 6.61 Å². The fourth-order valence-electron chi connectivity index (χ4n) is 2.70. The molecule has 0 saturated heterocycles. The molecule has 5 heteroatoms. The Hall–Kier alpha value is -2.79. The van der Waals surface area contributed by atoms with Crippen LogP contribution in [0, 0.1) is 6.92 Å². The van der Waals surface area contributed by atoms with E-state index >= 15 is 0 Å². The molecule has 0 aliphatic heterocycles. The molecular weight excluding hydrogens is 418 g/mol. The fraction of sp³-hybridized carbons (Fsp3) is 0.174. The zero-order valence-electron chi connectivity index (χ0n) is 15.9. The molecule has 0 unspecified atom stereocenters. The number of carbonyl (C=O) groups is 1. The summed E-state index contributed by atoms with van der Waals surface area (Å²) in [6.07, 6.45) is 0. The highest BCUT2D eigenvalue weighted by Crippen LogP contribution is 2.30. The van der Waals surface area contributed by atoms with Gasteiger partial charge in [-0.05, 0) is 61.4 Å². The molecule has 0 atom stereocenters. The number of halogens is 1. The van der Waals surface area contributed by atoms with Gasteiger partial charge in [-0.1, -0.05) is 46.3 Å². The van der Waals surface area contributed by atoms with Gasteiger partial charge in [0.15, 0.2) is 11.5 Å². The predicted octanol–water partition coefficient (Wildman–Crippen LogP) is 5.99. The molecule has 0 fully saturated rings. The third-order valence-corrected chi connectivity index (χ3v) is 5.05. The van der Waals surface area contributed by atoms with Gasteiger partial charge in [-0.15, -0.1) is 0 Å². The maximum absolute atomic E-state index is 12.6. The first-order chi connectivity index (χ1) is 13.6. The number of rotatable bonds is 7. The van der Waals surface area contributed by atoms with Crippen molar-refractivity contribution in [3.8, 4) is 11.5 Å². The second-order valence-corrected chi connectivity index (χ2v) is 7.14. The van der Waals surface area contributed by atoms with Crippen LogP contribution >= 0.6 is 15.9 Å². The minimum atomic E-state index is -0.197. The minimum absolute atomic E-state index is 0.197. The molecule has 0 aliphatic carbocycles. The lowest BCUT2D eigenvalue weighted by Gasteiger charge is -2.14. The quantitative estimate of drug-likeness (QED) is 0.491. The van der Waals surface area contributed by atoms with Gasteiger partial charge >= 0.3 is 0 Å². The molecule has 0 aliphatic rings. The first kappa shape index (κ1) is 20.0. The molecular formula is C23H22BrNO3. The molecule has 0 saturated carbocycles. The maximum Gasteiger partial charge on any atom is 0.255 e. The van der Waals surface area contributed by atoms with Crippen molar-refractivity contribution in [1.82, 2.24) is 0 Å².